The third-order valence-electron chi connectivity index (χ3n) is 4.17. The molecule has 2 heterocycles. The number of carbonyl (C=O) groups excluding carboxylic acids is 1. The molecule has 0 aliphatic heterocycles. The number of nitrogens with one attached hydrogen (secondary N) is 1. The highest BCUT2D eigenvalue weighted by atomic mass is 79.9. The van der Waals surface area contributed by atoms with Crippen molar-refractivity contribution in [2.75, 3.05) is 0 Å². The molecular formula is C19H22BrN5O. The number of rotatable bonds is 6. The SMILES string of the molecule is CC(C)C[C@](C)(NC(=O)Cc1nc2ncccn2n1)c1cccc(Br)c1. The molecule has 26 heavy (non-hydrogen) atoms. The summed E-state index contributed by atoms with van der Waals surface area (Å²) in [7, 11) is 0. The van der Waals surface area contributed by atoms with Gasteiger partial charge in [0.15, 0.2) is 5.82 Å². The van der Waals surface area contributed by atoms with Crippen LogP contribution in [-0.4, -0.2) is 25.5 Å². The molecule has 136 valence electrons. The van der Waals surface area contributed by atoms with Crippen LogP contribution < -0.4 is 5.32 Å². The molecule has 7 heteroatoms. The van der Waals surface area contributed by atoms with E-state index in [0.717, 1.165) is 16.5 Å². The van der Waals surface area contributed by atoms with Gasteiger partial charge in [0.2, 0.25) is 5.91 Å². The number of hydrogen-bond acceptors (Lipinski definition) is 4. The van der Waals surface area contributed by atoms with Gasteiger partial charge in [-0.1, -0.05) is 41.9 Å². The highest BCUT2D eigenvalue weighted by Crippen LogP contribution is 2.30. The van der Waals surface area contributed by atoms with Crippen molar-refractivity contribution in [3.8, 4) is 0 Å². The second-order valence-electron chi connectivity index (χ2n) is 7.06. The Bertz CT molecular complexity index is 890. The Kier molecular flexibility index (Phi) is 5.36. The van der Waals surface area contributed by atoms with E-state index in [2.05, 4.69) is 63.2 Å². The van der Waals surface area contributed by atoms with E-state index in [1.807, 2.05) is 18.2 Å². The molecule has 1 atom stereocenters. The minimum absolute atomic E-state index is 0.107. The largest absolute Gasteiger partial charge is 0.346 e. The summed E-state index contributed by atoms with van der Waals surface area (Å²) in [6.45, 7) is 6.36. The Morgan fingerprint density at radius 3 is 2.85 bits per heavy atom. The number of amides is 1. The smallest absolute Gasteiger partial charge is 0.252 e. The molecule has 0 saturated carbocycles. The maximum absolute atomic E-state index is 12.7. The zero-order chi connectivity index (χ0) is 18.7. The molecule has 1 amide bonds. The third kappa shape index (κ3) is 4.27. The van der Waals surface area contributed by atoms with E-state index in [4.69, 9.17) is 0 Å². The van der Waals surface area contributed by atoms with Gasteiger partial charge in [0, 0.05) is 16.9 Å². The van der Waals surface area contributed by atoms with E-state index < -0.39 is 5.54 Å². The summed E-state index contributed by atoms with van der Waals surface area (Å²) in [5, 5.41) is 7.50. The molecule has 1 N–H and O–H groups in total. The quantitative estimate of drug-likeness (QED) is 0.668. The maximum atomic E-state index is 12.7. The zero-order valence-electron chi connectivity index (χ0n) is 15.1. The number of carbonyl (C=O) groups is 1. The first-order valence-electron chi connectivity index (χ1n) is 8.59. The number of fused-ring (bicyclic) bond motifs is 1. The molecular weight excluding hydrogens is 394 g/mol. The van der Waals surface area contributed by atoms with E-state index >= 15 is 0 Å². The predicted molar refractivity (Wildman–Crippen MR) is 104 cm³/mol. The molecule has 0 aliphatic carbocycles. The lowest BCUT2D eigenvalue weighted by molar-refractivity contribution is -0.122. The van der Waals surface area contributed by atoms with Crippen molar-refractivity contribution in [3.63, 3.8) is 0 Å². The van der Waals surface area contributed by atoms with Crippen LogP contribution in [0.5, 0.6) is 0 Å². The normalized spacial score (nSPS) is 13.7. The Hall–Kier alpha value is -2.28. The van der Waals surface area contributed by atoms with Crippen LogP contribution in [0.2, 0.25) is 0 Å². The van der Waals surface area contributed by atoms with E-state index in [1.165, 1.54) is 0 Å². The van der Waals surface area contributed by atoms with Crippen LogP contribution in [0, 0.1) is 5.92 Å². The van der Waals surface area contributed by atoms with Crippen LogP contribution in [0.25, 0.3) is 5.78 Å². The molecule has 0 fully saturated rings. The second kappa shape index (κ2) is 7.53. The van der Waals surface area contributed by atoms with Crippen molar-refractivity contribution in [3.05, 3.63) is 58.6 Å². The average molecular weight is 416 g/mol. The highest BCUT2D eigenvalue weighted by Gasteiger charge is 2.30. The van der Waals surface area contributed by atoms with Crippen molar-refractivity contribution in [2.45, 2.75) is 39.2 Å². The summed E-state index contributed by atoms with van der Waals surface area (Å²) in [6, 6.07) is 9.84. The van der Waals surface area contributed by atoms with Crippen LogP contribution in [0.3, 0.4) is 0 Å². The van der Waals surface area contributed by atoms with Gasteiger partial charge in [0.1, 0.15) is 0 Å². The lowest BCUT2D eigenvalue weighted by Crippen LogP contribution is -2.45. The topological polar surface area (TPSA) is 72.2 Å². The van der Waals surface area contributed by atoms with Crippen molar-refractivity contribution in [1.82, 2.24) is 24.9 Å². The number of aromatic nitrogens is 4. The molecule has 3 aromatic rings. The molecule has 0 saturated heterocycles. The maximum Gasteiger partial charge on any atom is 0.252 e. The molecule has 0 aliphatic rings. The fraction of sp³-hybridized carbons (Fsp3) is 0.368. The highest BCUT2D eigenvalue weighted by molar-refractivity contribution is 9.10. The first-order chi connectivity index (χ1) is 12.4. The van der Waals surface area contributed by atoms with Crippen LogP contribution >= 0.6 is 15.9 Å². The molecule has 2 aromatic heterocycles. The lowest BCUT2D eigenvalue weighted by atomic mass is 9.84. The minimum atomic E-state index is -0.466. The van der Waals surface area contributed by atoms with Crippen molar-refractivity contribution in [2.24, 2.45) is 5.92 Å². The van der Waals surface area contributed by atoms with Gasteiger partial charge in [-0.15, -0.1) is 5.10 Å². The fourth-order valence-electron chi connectivity index (χ4n) is 3.24. The van der Waals surface area contributed by atoms with Gasteiger partial charge < -0.3 is 5.32 Å². The number of nitrogens with zero attached hydrogens (tertiary/aromatic N) is 4. The number of benzene rings is 1. The summed E-state index contributed by atoms with van der Waals surface area (Å²) in [4.78, 5) is 21.1. The van der Waals surface area contributed by atoms with Crippen molar-refractivity contribution < 1.29 is 4.79 Å². The van der Waals surface area contributed by atoms with Crippen LogP contribution in [0.4, 0.5) is 0 Å². The van der Waals surface area contributed by atoms with E-state index in [-0.39, 0.29) is 12.3 Å². The second-order valence-corrected chi connectivity index (χ2v) is 7.97. The molecule has 3 rings (SSSR count). The summed E-state index contributed by atoms with van der Waals surface area (Å²) in [6.07, 6.45) is 4.36. The predicted octanol–water partition coefficient (Wildman–Crippen LogP) is 3.51. The third-order valence-corrected chi connectivity index (χ3v) is 4.67. The standard InChI is InChI=1S/C19H22BrN5O/c1-13(2)12-19(3,14-6-4-7-15(20)10-14)23-17(26)11-16-22-18-21-8-5-9-25(18)24-16/h4-10,13H,11-12H2,1-3H3,(H,23,26)/t19-/m0/s1. The van der Waals surface area contributed by atoms with Crippen molar-refractivity contribution >= 4 is 27.6 Å². The van der Waals surface area contributed by atoms with E-state index in [1.54, 1.807) is 23.0 Å². The Labute approximate surface area is 161 Å². The summed E-state index contributed by atoms with van der Waals surface area (Å²) in [5.74, 6) is 1.27. The molecule has 0 radical (unpaired) electrons. The summed E-state index contributed by atoms with van der Waals surface area (Å²) < 4.78 is 2.57. The fourth-order valence-corrected chi connectivity index (χ4v) is 3.63. The molecule has 6 nitrogen and oxygen atoms in total. The summed E-state index contributed by atoms with van der Waals surface area (Å²) in [5.41, 5.74) is 0.602. The van der Waals surface area contributed by atoms with Gasteiger partial charge in [0.25, 0.3) is 5.78 Å². The van der Waals surface area contributed by atoms with Gasteiger partial charge >= 0.3 is 0 Å². The Morgan fingerprint density at radius 2 is 2.15 bits per heavy atom. The Balaban J connectivity index is 1.80. The van der Waals surface area contributed by atoms with Crippen LogP contribution in [0.1, 0.15) is 38.6 Å². The molecule has 0 spiro atoms. The zero-order valence-corrected chi connectivity index (χ0v) is 16.7. The molecule has 0 unspecified atom stereocenters. The van der Waals surface area contributed by atoms with Gasteiger partial charge in [-0.2, -0.15) is 4.98 Å². The van der Waals surface area contributed by atoms with Crippen molar-refractivity contribution in [1.29, 1.82) is 0 Å². The number of halogens is 1. The molecule has 1 aromatic carbocycles. The first-order valence-corrected chi connectivity index (χ1v) is 9.38. The van der Waals surface area contributed by atoms with Gasteiger partial charge in [-0.3, -0.25) is 4.79 Å². The van der Waals surface area contributed by atoms with Gasteiger partial charge in [-0.05, 0) is 43.0 Å². The van der Waals surface area contributed by atoms with Crippen LogP contribution in [-0.2, 0) is 16.8 Å². The average Bonchev–Trinajstić information content (AvgIpc) is 2.95. The first kappa shape index (κ1) is 18.5. The van der Waals surface area contributed by atoms with Gasteiger partial charge in [0.05, 0.1) is 12.0 Å². The number of hydrogen-bond donors (Lipinski definition) is 1. The Morgan fingerprint density at radius 1 is 1.35 bits per heavy atom. The monoisotopic (exact) mass is 415 g/mol. The summed E-state index contributed by atoms with van der Waals surface area (Å²) >= 11 is 3.52. The van der Waals surface area contributed by atoms with Gasteiger partial charge in [-0.25, -0.2) is 9.50 Å². The van der Waals surface area contributed by atoms with E-state index in [0.29, 0.717) is 17.5 Å². The molecule has 0 bridgehead atoms. The lowest BCUT2D eigenvalue weighted by Gasteiger charge is -2.33. The minimum Gasteiger partial charge on any atom is -0.346 e. The van der Waals surface area contributed by atoms with Crippen LogP contribution in [0.15, 0.2) is 47.2 Å². The van der Waals surface area contributed by atoms with E-state index in [9.17, 15) is 4.79 Å².